The van der Waals surface area contributed by atoms with Crippen molar-refractivity contribution in [1.82, 2.24) is 5.32 Å². The number of carbonyl (C=O) groups excluding carboxylic acids is 2. The highest BCUT2D eigenvalue weighted by molar-refractivity contribution is 5.87. The molecule has 2 atom stereocenters. The van der Waals surface area contributed by atoms with E-state index >= 15 is 0 Å². The molecule has 0 aliphatic heterocycles. The van der Waals surface area contributed by atoms with Gasteiger partial charge in [0, 0.05) is 24.2 Å². The van der Waals surface area contributed by atoms with E-state index in [2.05, 4.69) is 10.6 Å². The lowest BCUT2D eigenvalue weighted by Gasteiger charge is -2.08. The molecule has 2 aromatic carbocycles. The Morgan fingerprint density at radius 1 is 1.16 bits per heavy atom. The van der Waals surface area contributed by atoms with Gasteiger partial charge in [-0.05, 0) is 41.7 Å². The van der Waals surface area contributed by atoms with Crippen LogP contribution in [0.15, 0.2) is 42.5 Å². The van der Waals surface area contributed by atoms with Crippen LogP contribution in [-0.4, -0.2) is 11.9 Å². The van der Waals surface area contributed by atoms with Crippen molar-refractivity contribution < 1.29 is 18.4 Å². The van der Waals surface area contributed by atoms with Crippen LogP contribution in [0.2, 0.25) is 0 Å². The van der Waals surface area contributed by atoms with Crippen LogP contribution in [-0.2, 0) is 11.3 Å². The number of nitrogens with two attached hydrogens (primary N) is 1. The highest BCUT2D eigenvalue weighted by atomic mass is 19.1. The molecule has 130 valence electrons. The number of hydrogen-bond donors (Lipinski definition) is 3. The van der Waals surface area contributed by atoms with Crippen molar-refractivity contribution in [3.8, 4) is 0 Å². The second-order valence-corrected chi connectivity index (χ2v) is 6.02. The number of halogens is 2. The SMILES string of the molecule is NC(=O)Nc1cccc(CNC(=O)[C@@H]2C[C@@H]2c2ccc(F)cc2F)c1. The monoisotopic (exact) mass is 345 g/mol. The molecule has 0 unspecified atom stereocenters. The Kier molecular flexibility index (Phi) is 4.65. The number of nitrogens with one attached hydrogen (secondary N) is 2. The Morgan fingerprint density at radius 2 is 1.96 bits per heavy atom. The molecule has 0 spiro atoms. The highest BCUT2D eigenvalue weighted by Crippen LogP contribution is 2.48. The number of rotatable bonds is 5. The highest BCUT2D eigenvalue weighted by Gasteiger charge is 2.45. The zero-order valence-electron chi connectivity index (χ0n) is 13.3. The molecule has 4 N–H and O–H groups in total. The Hall–Kier alpha value is -2.96. The number of anilines is 1. The van der Waals surface area contributed by atoms with E-state index in [4.69, 9.17) is 5.73 Å². The molecular weight excluding hydrogens is 328 g/mol. The summed E-state index contributed by atoms with van der Waals surface area (Å²) in [5.41, 5.74) is 6.77. The molecule has 2 aromatic rings. The van der Waals surface area contributed by atoms with Gasteiger partial charge in [0.2, 0.25) is 5.91 Å². The average molecular weight is 345 g/mol. The van der Waals surface area contributed by atoms with E-state index < -0.39 is 17.7 Å². The number of urea groups is 1. The van der Waals surface area contributed by atoms with E-state index in [0.29, 0.717) is 17.7 Å². The Morgan fingerprint density at radius 3 is 2.68 bits per heavy atom. The van der Waals surface area contributed by atoms with E-state index in [9.17, 15) is 18.4 Å². The van der Waals surface area contributed by atoms with Gasteiger partial charge in [-0.1, -0.05) is 18.2 Å². The van der Waals surface area contributed by atoms with Gasteiger partial charge in [0.1, 0.15) is 11.6 Å². The Labute approximate surface area is 143 Å². The predicted molar refractivity (Wildman–Crippen MR) is 88.7 cm³/mol. The van der Waals surface area contributed by atoms with Gasteiger partial charge in [0.25, 0.3) is 0 Å². The molecule has 0 heterocycles. The lowest BCUT2D eigenvalue weighted by atomic mass is 10.1. The summed E-state index contributed by atoms with van der Waals surface area (Å²) in [4.78, 5) is 23.1. The van der Waals surface area contributed by atoms with Crippen LogP contribution in [0.3, 0.4) is 0 Å². The minimum absolute atomic E-state index is 0.179. The molecule has 0 radical (unpaired) electrons. The van der Waals surface area contributed by atoms with Crippen LogP contribution < -0.4 is 16.4 Å². The molecule has 7 heteroatoms. The third kappa shape index (κ3) is 4.12. The van der Waals surface area contributed by atoms with Crippen LogP contribution >= 0.6 is 0 Å². The summed E-state index contributed by atoms with van der Waals surface area (Å²) in [6.07, 6.45) is 0.539. The molecular formula is C18H17F2N3O2. The maximum atomic E-state index is 13.8. The average Bonchev–Trinajstić information content (AvgIpc) is 3.33. The number of carbonyl (C=O) groups is 2. The molecule has 0 aromatic heterocycles. The predicted octanol–water partition coefficient (Wildman–Crippen LogP) is 2.88. The largest absolute Gasteiger partial charge is 0.352 e. The summed E-state index contributed by atoms with van der Waals surface area (Å²) >= 11 is 0. The van der Waals surface area contributed by atoms with Crippen molar-refractivity contribution in [1.29, 1.82) is 0 Å². The maximum absolute atomic E-state index is 13.8. The summed E-state index contributed by atoms with van der Waals surface area (Å²) in [5.74, 6) is -1.96. The fourth-order valence-corrected chi connectivity index (χ4v) is 2.85. The smallest absolute Gasteiger partial charge is 0.316 e. The lowest BCUT2D eigenvalue weighted by Crippen LogP contribution is -2.25. The second kappa shape index (κ2) is 6.88. The third-order valence-electron chi connectivity index (χ3n) is 4.15. The molecule has 3 amide bonds. The van der Waals surface area contributed by atoms with E-state index in [-0.39, 0.29) is 24.3 Å². The normalized spacial score (nSPS) is 18.5. The first-order valence-corrected chi connectivity index (χ1v) is 7.82. The second-order valence-electron chi connectivity index (χ2n) is 6.02. The van der Waals surface area contributed by atoms with Crippen molar-refractivity contribution in [3.05, 3.63) is 65.2 Å². The van der Waals surface area contributed by atoms with E-state index in [1.54, 1.807) is 24.3 Å². The van der Waals surface area contributed by atoms with Gasteiger partial charge in [-0.15, -0.1) is 0 Å². The van der Waals surface area contributed by atoms with E-state index in [1.165, 1.54) is 12.1 Å². The first-order chi connectivity index (χ1) is 11.9. The standard InChI is InChI=1S/C18H17F2N3O2/c19-11-4-5-13(16(20)7-11)14-8-15(14)17(24)22-9-10-2-1-3-12(6-10)23-18(21)25/h1-7,14-15H,8-9H2,(H,22,24)(H3,21,23,25)/t14-,15-/m1/s1. The molecule has 1 aliphatic rings. The van der Waals surface area contributed by atoms with Crippen molar-refractivity contribution in [2.75, 3.05) is 5.32 Å². The van der Waals surface area contributed by atoms with Crippen LogP contribution in [0.4, 0.5) is 19.3 Å². The summed E-state index contributed by atoms with van der Waals surface area (Å²) in [6, 6.07) is 9.68. The minimum Gasteiger partial charge on any atom is -0.352 e. The van der Waals surface area contributed by atoms with E-state index in [0.717, 1.165) is 11.6 Å². The summed E-state index contributed by atoms with van der Waals surface area (Å²) in [6.45, 7) is 0.280. The number of hydrogen-bond acceptors (Lipinski definition) is 2. The third-order valence-corrected chi connectivity index (χ3v) is 4.15. The minimum atomic E-state index is -0.664. The van der Waals surface area contributed by atoms with Crippen LogP contribution in [0.5, 0.6) is 0 Å². The van der Waals surface area contributed by atoms with Crippen molar-refractivity contribution >= 4 is 17.6 Å². The molecule has 1 aliphatic carbocycles. The maximum Gasteiger partial charge on any atom is 0.316 e. The van der Waals surface area contributed by atoms with Gasteiger partial charge < -0.3 is 16.4 Å². The molecule has 0 bridgehead atoms. The molecule has 5 nitrogen and oxygen atoms in total. The molecule has 1 fully saturated rings. The molecule has 0 saturated heterocycles. The Bertz CT molecular complexity index is 826. The number of amides is 3. The fraction of sp³-hybridized carbons (Fsp3) is 0.222. The van der Waals surface area contributed by atoms with Gasteiger partial charge in [-0.3, -0.25) is 4.79 Å². The zero-order valence-corrected chi connectivity index (χ0v) is 13.3. The van der Waals surface area contributed by atoms with Crippen molar-refractivity contribution in [2.24, 2.45) is 11.7 Å². The van der Waals surface area contributed by atoms with Crippen molar-refractivity contribution in [2.45, 2.75) is 18.9 Å². The zero-order chi connectivity index (χ0) is 18.0. The molecule has 3 rings (SSSR count). The number of primary amides is 1. The quantitative estimate of drug-likeness (QED) is 0.778. The van der Waals surface area contributed by atoms with Gasteiger partial charge in [-0.25, -0.2) is 13.6 Å². The van der Waals surface area contributed by atoms with Crippen LogP contribution in [0, 0.1) is 17.6 Å². The Balaban J connectivity index is 1.56. The van der Waals surface area contributed by atoms with E-state index in [1.807, 2.05) is 0 Å². The summed E-state index contributed by atoms with van der Waals surface area (Å²) in [5, 5.41) is 5.25. The topological polar surface area (TPSA) is 84.2 Å². The van der Waals surface area contributed by atoms with Gasteiger partial charge in [0.15, 0.2) is 0 Å². The van der Waals surface area contributed by atoms with Gasteiger partial charge >= 0.3 is 6.03 Å². The first-order valence-electron chi connectivity index (χ1n) is 7.82. The summed E-state index contributed by atoms with van der Waals surface area (Å²) < 4.78 is 26.7. The van der Waals surface area contributed by atoms with Gasteiger partial charge in [-0.2, -0.15) is 0 Å². The molecule has 1 saturated carbocycles. The van der Waals surface area contributed by atoms with Crippen molar-refractivity contribution in [3.63, 3.8) is 0 Å². The van der Waals surface area contributed by atoms with Crippen LogP contribution in [0.25, 0.3) is 0 Å². The fourth-order valence-electron chi connectivity index (χ4n) is 2.85. The summed E-state index contributed by atoms with van der Waals surface area (Å²) in [7, 11) is 0. The number of benzene rings is 2. The lowest BCUT2D eigenvalue weighted by molar-refractivity contribution is -0.122. The molecule has 25 heavy (non-hydrogen) atoms. The van der Waals surface area contributed by atoms with Crippen LogP contribution in [0.1, 0.15) is 23.5 Å². The van der Waals surface area contributed by atoms with Gasteiger partial charge in [0.05, 0.1) is 0 Å². The first kappa shape index (κ1) is 16.9.